The molecule has 3 N–H and O–H groups in total. The molecule has 0 aliphatic rings. The molecule has 6 nitrogen and oxygen atoms in total. The highest BCUT2D eigenvalue weighted by molar-refractivity contribution is 5.85. The third-order valence-corrected chi connectivity index (χ3v) is 2.68. The molecule has 0 radical (unpaired) electrons. The van der Waals surface area contributed by atoms with E-state index < -0.39 is 18.1 Å². The van der Waals surface area contributed by atoms with E-state index in [0.29, 0.717) is 19.4 Å². The molecule has 0 aliphatic heterocycles. The van der Waals surface area contributed by atoms with Crippen LogP contribution in [0.3, 0.4) is 0 Å². The second kappa shape index (κ2) is 10.9. The number of nitrogens with one attached hydrogen (secondary N) is 1. The Balaban J connectivity index is 0.00000400. The van der Waals surface area contributed by atoms with Crippen LogP contribution < -0.4 is 11.1 Å². The molecule has 1 aromatic carbocycles. The fourth-order valence-corrected chi connectivity index (χ4v) is 1.56. The highest BCUT2D eigenvalue weighted by Crippen LogP contribution is 2.00. The van der Waals surface area contributed by atoms with Gasteiger partial charge in [-0.05, 0) is 18.4 Å². The van der Waals surface area contributed by atoms with Gasteiger partial charge in [0.15, 0.2) is 0 Å². The fraction of sp³-hybridized carbons (Fsp3) is 0.429. The maximum atomic E-state index is 11.4. The van der Waals surface area contributed by atoms with Gasteiger partial charge in [-0.3, -0.25) is 4.79 Å². The first-order valence-corrected chi connectivity index (χ1v) is 6.41. The van der Waals surface area contributed by atoms with Crippen molar-refractivity contribution in [3.8, 4) is 0 Å². The second-order valence-corrected chi connectivity index (χ2v) is 4.26. The number of halogens is 1. The van der Waals surface area contributed by atoms with E-state index in [1.807, 2.05) is 30.3 Å². The Morgan fingerprint density at radius 2 is 1.95 bits per heavy atom. The van der Waals surface area contributed by atoms with E-state index in [1.165, 1.54) is 7.11 Å². The molecular weight excluding hydrogens is 296 g/mol. The van der Waals surface area contributed by atoms with Gasteiger partial charge in [-0.25, -0.2) is 4.79 Å². The monoisotopic (exact) mass is 316 g/mol. The molecule has 21 heavy (non-hydrogen) atoms. The fourth-order valence-electron chi connectivity index (χ4n) is 1.56. The van der Waals surface area contributed by atoms with Gasteiger partial charge in [-0.15, -0.1) is 12.4 Å². The Kier molecular flexibility index (Phi) is 10.0. The number of alkyl carbamates (subject to hydrolysis) is 1. The number of amides is 1. The highest BCUT2D eigenvalue weighted by Gasteiger charge is 2.12. The lowest BCUT2D eigenvalue weighted by Gasteiger charge is -2.10. The van der Waals surface area contributed by atoms with Crippen LogP contribution in [0.25, 0.3) is 0 Å². The van der Waals surface area contributed by atoms with Gasteiger partial charge in [0.25, 0.3) is 0 Å². The number of benzene rings is 1. The number of carbonyl (C=O) groups is 2. The molecule has 0 spiro atoms. The summed E-state index contributed by atoms with van der Waals surface area (Å²) in [5.41, 5.74) is 6.49. The SMILES string of the molecule is COC(=O)C(N)CCCNC(=O)OCc1ccccc1.Cl. The molecule has 7 heteroatoms. The molecule has 0 aliphatic carbocycles. The third-order valence-electron chi connectivity index (χ3n) is 2.68. The molecule has 1 unspecified atom stereocenters. The standard InChI is InChI=1S/C14H20N2O4.ClH/c1-19-13(17)12(15)8-5-9-16-14(18)20-10-11-6-3-2-4-7-11;/h2-4,6-7,12H,5,8-10,15H2,1H3,(H,16,18);1H. The summed E-state index contributed by atoms with van der Waals surface area (Å²) >= 11 is 0. The smallest absolute Gasteiger partial charge is 0.407 e. The van der Waals surface area contributed by atoms with Gasteiger partial charge in [-0.1, -0.05) is 30.3 Å². The number of carbonyl (C=O) groups excluding carboxylic acids is 2. The van der Waals surface area contributed by atoms with E-state index in [4.69, 9.17) is 10.5 Å². The van der Waals surface area contributed by atoms with Crippen molar-refractivity contribution in [1.29, 1.82) is 0 Å². The van der Waals surface area contributed by atoms with Crippen molar-refractivity contribution in [3.63, 3.8) is 0 Å². The largest absolute Gasteiger partial charge is 0.468 e. The van der Waals surface area contributed by atoms with Crippen LogP contribution in [-0.2, 0) is 20.9 Å². The van der Waals surface area contributed by atoms with Crippen molar-refractivity contribution >= 4 is 24.5 Å². The summed E-state index contributed by atoms with van der Waals surface area (Å²) in [5.74, 6) is -0.448. The van der Waals surface area contributed by atoms with Gasteiger partial charge in [0.1, 0.15) is 12.6 Å². The average Bonchev–Trinajstić information content (AvgIpc) is 2.49. The van der Waals surface area contributed by atoms with E-state index >= 15 is 0 Å². The van der Waals surface area contributed by atoms with Crippen molar-refractivity contribution in [2.24, 2.45) is 5.73 Å². The Labute approximate surface area is 130 Å². The van der Waals surface area contributed by atoms with Gasteiger partial charge in [0.2, 0.25) is 0 Å². The van der Waals surface area contributed by atoms with Gasteiger partial charge in [0, 0.05) is 6.54 Å². The zero-order chi connectivity index (χ0) is 14.8. The first-order valence-electron chi connectivity index (χ1n) is 6.41. The zero-order valence-electron chi connectivity index (χ0n) is 11.9. The van der Waals surface area contributed by atoms with Crippen LogP contribution in [-0.4, -0.2) is 31.8 Å². The van der Waals surface area contributed by atoms with E-state index in [-0.39, 0.29) is 19.0 Å². The average molecular weight is 317 g/mol. The summed E-state index contributed by atoms with van der Waals surface area (Å²) in [6, 6.07) is 8.76. The minimum atomic E-state index is -0.651. The van der Waals surface area contributed by atoms with Crippen molar-refractivity contribution in [2.45, 2.75) is 25.5 Å². The van der Waals surface area contributed by atoms with Crippen LogP contribution in [0.4, 0.5) is 4.79 Å². The van der Waals surface area contributed by atoms with Crippen molar-refractivity contribution in [3.05, 3.63) is 35.9 Å². The first-order chi connectivity index (χ1) is 9.63. The normalized spacial score (nSPS) is 11.0. The molecule has 0 bridgehead atoms. The molecule has 0 fully saturated rings. The van der Waals surface area contributed by atoms with Crippen LogP contribution in [0.5, 0.6) is 0 Å². The maximum absolute atomic E-state index is 11.4. The zero-order valence-corrected chi connectivity index (χ0v) is 12.7. The van der Waals surface area contributed by atoms with Crippen LogP contribution in [0.1, 0.15) is 18.4 Å². The summed E-state index contributed by atoms with van der Waals surface area (Å²) in [4.78, 5) is 22.4. The summed E-state index contributed by atoms with van der Waals surface area (Å²) < 4.78 is 9.53. The molecule has 1 amide bonds. The number of hydrogen-bond acceptors (Lipinski definition) is 5. The lowest BCUT2D eigenvalue weighted by molar-refractivity contribution is -0.142. The molecule has 118 valence electrons. The van der Waals surface area contributed by atoms with E-state index in [0.717, 1.165) is 5.56 Å². The maximum Gasteiger partial charge on any atom is 0.407 e. The minimum absolute atomic E-state index is 0. The number of nitrogens with two attached hydrogens (primary N) is 1. The molecule has 0 heterocycles. The van der Waals surface area contributed by atoms with Gasteiger partial charge >= 0.3 is 12.1 Å². The molecule has 1 atom stereocenters. The Morgan fingerprint density at radius 3 is 2.57 bits per heavy atom. The number of rotatable bonds is 7. The van der Waals surface area contributed by atoms with Crippen molar-refractivity contribution in [2.75, 3.05) is 13.7 Å². The predicted octanol–water partition coefficient (Wildman–Crippen LogP) is 1.62. The predicted molar refractivity (Wildman–Crippen MR) is 81.1 cm³/mol. The molecule has 0 saturated heterocycles. The van der Waals surface area contributed by atoms with Crippen molar-refractivity contribution in [1.82, 2.24) is 5.32 Å². The van der Waals surface area contributed by atoms with E-state index in [1.54, 1.807) is 0 Å². The second-order valence-electron chi connectivity index (χ2n) is 4.26. The van der Waals surface area contributed by atoms with Gasteiger partial charge in [0.05, 0.1) is 7.11 Å². The van der Waals surface area contributed by atoms with E-state index in [2.05, 4.69) is 10.1 Å². The topological polar surface area (TPSA) is 90.6 Å². The first kappa shape index (κ1) is 19.2. The summed E-state index contributed by atoms with van der Waals surface area (Å²) in [6.45, 7) is 0.632. The molecule has 1 rings (SSSR count). The molecular formula is C14H21ClN2O4. The summed E-state index contributed by atoms with van der Waals surface area (Å²) in [7, 11) is 1.29. The number of esters is 1. The van der Waals surface area contributed by atoms with Crippen LogP contribution in [0, 0.1) is 0 Å². The van der Waals surface area contributed by atoms with Crippen LogP contribution in [0.15, 0.2) is 30.3 Å². The summed E-state index contributed by atoms with van der Waals surface area (Å²) in [5, 5.41) is 2.60. The van der Waals surface area contributed by atoms with Crippen molar-refractivity contribution < 1.29 is 19.1 Å². The highest BCUT2D eigenvalue weighted by atomic mass is 35.5. The number of hydrogen-bond donors (Lipinski definition) is 2. The summed E-state index contributed by atoms with van der Waals surface area (Å²) in [6.07, 6.45) is 0.544. The number of ether oxygens (including phenoxy) is 2. The van der Waals surface area contributed by atoms with Crippen LogP contribution >= 0.6 is 12.4 Å². The van der Waals surface area contributed by atoms with E-state index in [9.17, 15) is 9.59 Å². The Hall–Kier alpha value is -1.79. The number of methoxy groups -OCH3 is 1. The molecule has 0 saturated carbocycles. The lowest BCUT2D eigenvalue weighted by Crippen LogP contribution is -2.33. The minimum Gasteiger partial charge on any atom is -0.468 e. The molecule has 1 aromatic rings. The van der Waals surface area contributed by atoms with Gasteiger partial charge in [-0.2, -0.15) is 0 Å². The Bertz CT molecular complexity index is 428. The van der Waals surface area contributed by atoms with Crippen LogP contribution in [0.2, 0.25) is 0 Å². The lowest BCUT2D eigenvalue weighted by atomic mass is 10.2. The quantitative estimate of drug-likeness (QED) is 0.589. The van der Waals surface area contributed by atoms with Gasteiger partial charge < -0.3 is 20.5 Å². The third kappa shape index (κ3) is 8.16. The molecule has 0 aromatic heterocycles. The Morgan fingerprint density at radius 1 is 1.29 bits per heavy atom.